The average molecular weight is 359 g/mol. The molecule has 0 fully saturated rings. The van der Waals surface area contributed by atoms with Gasteiger partial charge in [0.15, 0.2) is 6.10 Å². The Labute approximate surface area is 152 Å². The zero-order chi connectivity index (χ0) is 18.9. The summed E-state index contributed by atoms with van der Waals surface area (Å²) < 4.78 is 24.0. The van der Waals surface area contributed by atoms with Crippen molar-refractivity contribution in [2.75, 3.05) is 11.9 Å². The van der Waals surface area contributed by atoms with Crippen LogP contribution < -0.4 is 10.1 Å². The number of anilines is 1. The van der Waals surface area contributed by atoms with Crippen molar-refractivity contribution in [1.29, 1.82) is 0 Å². The maximum atomic E-state index is 13.5. The third kappa shape index (κ3) is 5.88. The summed E-state index contributed by atoms with van der Waals surface area (Å²) in [6.07, 6.45) is -0.727. The molecule has 2 rings (SSSR count). The molecule has 0 bridgehead atoms. The molecule has 26 heavy (non-hydrogen) atoms. The van der Waals surface area contributed by atoms with Crippen molar-refractivity contribution in [1.82, 2.24) is 0 Å². The van der Waals surface area contributed by atoms with E-state index in [0.717, 1.165) is 0 Å². The van der Waals surface area contributed by atoms with Gasteiger partial charge in [0.05, 0.1) is 6.61 Å². The first-order chi connectivity index (χ1) is 12.5. The number of carbonyl (C=O) groups excluding carboxylic acids is 2. The van der Waals surface area contributed by atoms with Crippen molar-refractivity contribution >= 4 is 17.6 Å². The van der Waals surface area contributed by atoms with E-state index in [2.05, 4.69) is 5.32 Å². The lowest BCUT2D eigenvalue weighted by Crippen LogP contribution is -2.30. The highest BCUT2D eigenvalue weighted by Gasteiger charge is 2.18. The first-order valence-electron chi connectivity index (χ1n) is 8.46. The predicted molar refractivity (Wildman–Crippen MR) is 96.5 cm³/mol. The summed E-state index contributed by atoms with van der Waals surface area (Å²) >= 11 is 0. The fourth-order valence-corrected chi connectivity index (χ4v) is 2.29. The number of benzene rings is 2. The summed E-state index contributed by atoms with van der Waals surface area (Å²) in [6.45, 7) is 3.94. The van der Waals surface area contributed by atoms with Gasteiger partial charge in [0, 0.05) is 12.1 Å². The van der Waals surface area contributed by atoms with E-state index in [1.807, 2.05) is 6.92 Å². The van der Waals surface area contributed by atoms with E-state index in [9.17, 15) is 14.0 Å². The molecule has 0 spiro atoms. The summed E-state index contributed by atoms with van der Waals surface area (Å²) in [6, 6.07) is 13.1. The fraction of sp³-hybridized carbons (Fsp3) is 0.300. The molecule has 1 atom stereocenters. The van der Waals surface area contributed by atoms with E-state index in [1.54, 1.807) is 42.5 Å². The van der Waals surface area contributed by atoms with Gasteiger partial charge < -0.3 is 14.8 Å². The van der Waals surface area contributed by atoms with Crippen LogP contribution in [0.3, 0.4) is 0 Å². The summed E-state index contributed by atoms with van der Waals surface area (Å²) in [4.78, 5) is 24.0. The lowest BCUT2D eigenvalue weighted by molar-refractivity contribution is -0.153. The van der Waals surface area contributed by atoms with Crippen molar-refractivity contribution < 1.29 is 23.5 Å². The van der Waals surface area contributed by atoms with Crippen LogP contribution in [-0.4, -0.2) is 24.6 Å². The Bertz CT molecular complexity index is 746. The van der Waals surface area contributed by atoms with Crippen molar-refractivity contribution in [3.8, 4) is 5.75 Å². The number of ether oxygens (including phenoxy) is 2. The van der Waals surface area contributed by atoms with Gasteiger partial charge in [-0.15, -0.1) is 0 Å². The molecule has 6 heteroatoms. The predicted octanol–water partition coefficient (Wildman–Crippen LogP) is 3.73. The van der Waals surface area contributed by atoms with E-state index in [4.69, 9.17) is 9.47 Å². The van der Waals surface area contributed by atoms with Crippen LogP contribution in [0.5, 0.6) is 5.75 Å². The molecule has 0 radical (unpaired) electrons. The maximum absolute atomic E-state index is 13.5. The van der Waals surface area contributed by atoms with E-state index >= 15 is 0 Å². The number of nitrogens with one attached hydrogen (secondary N) is 1. The van der Waals surface area contributed by atoms with E-state index in [0.29, 0.717) is 23.6 Å². The first kappa shape index (κ1) is 19.4. The number of aryl methyl sites for hydroxylation is 1. The molecule has 1 amide bonds. The molecule has 1 N–H and O–H groups in total. The topological polar surface area (TPSA) is 64.6 Å². The van der Waals surface area contributed by atoms with Crippen LogP contribution in [-0.2, 0) is 20.7 Å². The van der Waals surface area contributed by atoms with Gasteiger partial charge in [0.1, 0.15) is 11.6 Å². The number of carbonyl (C=O) groups is 2. The molecule has 0 aliphatic heterocycles. The Morgan fingerprint density at radius 3 is 2.46 bits per heavy atom. The largest absolute Gasteiger partial charge is 0.494 e. The van der Waals surface area contributed by atoms with Gasteiger partial charge in [-0.1, -0.05) is 18.2 Å². The van der Waals surface area contributed by atoms with E-state index < -0.39 is 18.0 Å². The Balaban J connectivity index is 1.80. The number of esters is 1. The Morgan fingerprint density at radius 1 is 1.12 bits per heavy atom. The van der Waals surface area contributed by atoms with Crippen molar-refractivity contribution in [2.24, 2.45) is 0 Å². The summed E-state index contributed by atoms with van der Waals surface area (Å²) in [5, 5.41) is 2.67. The normalized spacial score (nSPS) is 11.5. The van der Waals surface area contributed by atoms with Crippen molar-refractivity contribution in [2.45, 2.75) is 32.8 Å². The van der Waals surface area contributed by atoms with Gasteiger partial charge >= 0.3 is 5.97 Å². The molecule has 0 heterocycles. The van der Waals surface area contributed by atoms with E-state index in [1.165, 1.54) is 13.0 Å². The molecule has 0 unspecified atom stereocenters. The van der Waals surface area contributed by atoms with Crippen LogP contribution in [0, 0.1) is 5.82 Å². The molecule has 2 aromatic rings. The highest BCUT2D eigenvalue weighted by atomic mass is 19.1. The van der Waals surface area contributed by atoms with Crippen LogP contribution in [0.4, 0.5) is 10.1 Å². The second-order valence-electron chi connectivity index (χ2n) is 5.67. The number of halogens is 1. The van der Waals surface area contributed by atoms with Gasteiger partial charge in [0.2, 0.25) is 0 Å². The van der Waals surface area contributed by atoms with Gasteiger partial charge in [-0.3, -0.25) is 9.59 Å². The molecule has 0 saturated heterocycles. The molecular weight excluding hydrogens is 337 g/mol. The highest BCUT2D eigenvalue weighted by molar-refractivity contribution is 5.95. The third-order valence-electron chi connectivity index (χ3n) is 3.67. The van der Waals surface area contributed by atoms with Crippen LogP contribution in [0.2, 0.25) is 0 Å². The lowest BCUT2D eigenvalue weighted by Gasteiger charge is -2.14. The number of amides is 1. The van der Waals surface area contributed by atoms with Gasteiger partial charge in [-0.05, 0) is 56.2 Å². The van der Waals surface area contributed by atoms with E-state index in [-0.39, 0.29) is 18.7 Å². The standard InChI is InChI=1S/C20H22FNO4/c1-3-25-17-11-9-16(10-12-17)22-20(24)14(2)26-19(23)13-8-15-6-4-5-7-18(15)21/h4-7,9-12,14H,3,8,13H2,1-2H3,(H,22,24)/t14-/m1/s1. The monoisotopic (exact) mass is 359 g/mol. The van der Waals surface area contributed by atoms with Gasteiger partial charge in [-0.2, -0.15) is 0 Å². The summed E-state index contributed by atoms with van der Waals surface area (Å²) in [7, 11) is 0. The second kappa shape index (κ2) is 9.56. The van der Waals surface area contributed by atoms with Crippen LogP contribution >= 0.6 is 0 Å². The highest BCUT2D eigenvalue weighted by Crippen LogP contribution is 2.16. The fourth-order valence-electron chi connectivity index (χ4n) is 2.29. The Morgan fingerprint density at radius 2 is 1.81 bits per heavy atom. The average Bonchev–Trinajstić information content (AvgIpc) is 2.63. The van der Waals surface area contributed by atoms with Crippen LogP contribution in [0.15, 0.2) is 48.5 Å². The molecule has 0 saturated carbocycles. The number of hydrogen-bond acceptors (Lipinski definition) is 4. The summed E-state index contributed by atoms with van der Waals surface area (Å²) in [5.74, 6) is -0.643. The maximum Gasteiger partial charge on any atom is 0.306 e. The lowest BCUT2D eigenvalue weighted by atomic mass is 10.1. The molecule has 0 aromatic heterocycles. The SMILES string of the molecule is CCOc1ccc(NC(=O)[C@@H](C)OC(=O)CCc2ccccc2F)cc1. The number of hydrogen-bond donors (Lipinski definition) is 1. The van der Waals surface area contributed by atoms with Crippen molar-refractivity contribution in [3.63, 3.8) is 0 Å². The minimum absolute atomic E-state index is 0.00159. The van der Waals surface area contributed by atoms with Crippen LogP contribution in [0.25, 0.3) is 0 Å². The minimum Gasteiger partial charge on any atom is -0.494 e. The van der Waals surface area contributed by atoms with Gasteiger partial charge in [0.25, 0.3) is 5.91 Å². The zero-order valence-corrected chi connectivity index (χ0v) is 14.8. The molecule has 138 valence electrons. The molecule has 0 aliphatic rings. The van der Waals surface area contributed by atoms with Crippen LogP contribution in [0.1, 0.15) is 25.8 Å². The third-order valence-corrected chi connectivity index (χ3v) is 3.67. The molecular formula is C20H22FNO4. The Kier molecular flexibility index (Phi) is 7.14. The molecule has 2 aromatic carbocycles. The van der Waals surface area contributed by atoms with Crippen molar-refractivity contribution in [3.05, 3.63) is 59.9 Å². The minimum atomic E-state index is -0.949. The quantitative estimate of drug-likeness (QED) is 0.730. The molecule has 5 nitrogen and oxygen atoms in total. The number of rotatable bonds is 8. The Hall–Kier alpha value is -2.89. The first-order valence-corrected chi connectivity index (χ1v) is 8.46. The van der Waals surface area contributed by atoms with Gasteiger partial charge in [-0.25, -0.2) is 4.39 Å². The smallest absolute Gasteiger partial charge is 0.306 e. The second-order valence-corrected chi connectivity index (χ2v) is 5.67. The summed E-state index contributed by atoms with van der Waals surface area (Å²) in [5.41, 5.74) is 1.02. The zero-order valence-electron chi connectivity index (χ0n) is 14.8. The molecule has 0 aliphatic carbocycles.